The second kappa shape index (κ2) is 4.69. The second-order valence-electron chi connectivity index (χ2n) is 4.49. The molecule has 0 fully saturated rings. The standard InChI is InChI=1S/C15H16O3/c1-9-6-13-7-11(10(2)15(16)17)4-5-12(13)8-14(9)18-3/h4-8,10H,1-3H3,(H,16,17). The fourth-order valence-corrected chi connectivity index (χ4v) is 2.04. The lowest BCUT2D eigenvalue weighted by Crippen LogP contribution is -2.07. The van der Waals surface area contributed by atoms with Gasteiger partial charge < -0.3 is 9.84 Å². The van der Waals surface area contributed by atoms with Crippen molar-refractivity contribution in [3.05, 3.63) is 41.5 Å². The average Bonchev–Trinajstić information content (AvgIpc) is 2.36. The van der Waals surface area contributed by atoms with Crippen LogP contribution in [0.5, 0.6) is 5.75 Å². The zero-order valence-corrected chi connectivity index (χ0v) is 10.7. The molecule has 94 valence electrons. The number of rotatable bonds is 3. The number of fused-ring (bicyclic) bond motifs is 1. The van der Waals surface area contributed by atoms with E-state index in [-0.39, 0.29) is 0 Å². The maximum Gasteiger partial charge on any atom is 0.310 e. The number of hydrogen-bond donors (Lipinski definition) is 1. The van der Waals surface area contributed by atoms with E-state index in [1.165, 1.54) is 0 Å². The van der Waals surface area contributed by atoms with Crippen LogP contribution < -0.4 is 4.74 Å². The van der Waals surface area contributed by atoms with E-state index in [1.54, 1.807) is 14.0 Å². The van der Waals surface area contributed by atoms with Crippen molar-refractivity contribution in [2.45, 2.75) is 19.8 Å². The molecule has 2 aromatic carbocycles. The molecule has 0 saturated heterocycles. The van der Waals surface area contributed by atoms with E-state index in [2.05, 4.69) is 0 Å². The summed E-state index contributed by atoms with van der Waals surface area (Å²) in [6.07, 6.45) is 0. The Hall–Kier alpha value is -2.03. The van der Waals surface area contributed by atoms with E-state index in [1.807, 2.05) is 37.3 Å². The molecule has 0 amide bonds. The number of methoxy groups -OCH3 is 1. The van der Waals surface area contributed by atoms with Crippen LogP contribution in [0.1, 0.15) is 24.0 Å². The van der Waals surface area contributed by atoms with E-state index in [4.69, 9.17) is 9.84 Å². The van der Waals surface area contributed by atoms with Gasteiger partial charge in [0.2, 0.25) is 0 Å². The predicted octanol–water partition coefficient (Wildman–Crippen LogP) is 3.34. The highest BCUT2D eigenvalue weighted by molar-refractivity contribution is 5.87. The average molecular weight is 244 g/mol. The maximum atomic E-state index is 11.0. The fraction of sp³-hybridized carbons (Fsp3) is 0.267. The molecule has 18 heavy (non-hydrogen) atoms. The molecule has 0 saturated carbocycles. The Bertz CT molecular complexity index is 602. The van der Waals surface area contributed by atoms with Crippen LogP contribution in [0.2, 0.25) is 0 Å². The molecule has 3 heteroatoms. The van der Waals surface area contributed by atoms with Gasteiger partial charge in [-0.1, -0.05) is 18.2 Å². The third kappa shape index (κ3) is 2.16. The van der Waals surface area contributed by atoms with Gasteiger partial charge in [-0.25, -0.2) is 0 Å². The molecule has 0 heterocycles. The Kier molecular flexibility index (Phi) is 3.24. The van der Waals surface area contributed by atoms with Gasteiger partial charge in [0, 0.05) is 0 Å². The smallest absolute Gasteiger partial charge is 0.310 e. The van der Waals surface area contributed by atoms with E-state index in [9.17, 15) is 4.79 Å². The van der Waals surface area contributed by atoms with Gasteiger partial charge in [-0.3, -0.25) is 4.79 Å². The number of carboxylic acid groups (broad SMARTS) is 1. The van der Waals surface area contributed by atoms with E-state index < -0.39 is 11.9 Å². The van der Waals surface area contributed by atoms with Gasteiger partial charge in [-0.2, -0.15) is 0 Å². The normalized spacial score (nSPS) is 12.4. The lowest BCUT2D eigenvalue weighted by molar-refractivity contribution is -0.138. The van der Waals surface area contributed by atoms with Crippen molar-refractivity contribution in [2.75, 3.05) is 7.11 Å². The number of carboxylic acids is 1. The highest BCUT2D eigenvalue weighted by Gasteiger charge is 2.14. The van der Waals surface area contributed by atoms with Gasteiger partial charge in [-0.05, 0) is 47.9 Å². The monoisotopic (exact) mass is 244 g/mol. The Morgan fingerprint density at radius 3 is 2.56 bits per heavy atom. The Morgan fingerprint density at radius 1 is 1.22 bits per heavy atom. The predicted molar refractivity (Wildman–Crippen MR) is 71.3 cm³/mol. The van der Waals surface area contributed by atoms with Crippen LogP contribution in [0.25, 0.3) is 10.8 Å². The minimum absolute atomic E-state index is 0.489. The number of carbonyl (C=O) groups is 1. The molecule has 1 unspecified atom stereocenters. The molecule has 0 aliphatic heterocycles. The highest BCUT2D eigenvalue weighted by atomic mass is 16.5. The summed E-state index contributed by atoms with van der Waals surface area (Å²) in [5.74, 6) is -0.446. The number of benzene rings is 2. The first-order chi connectivity index (χ1) is 8.52. The van der Waals surface area contributed by atoms with Gasteiger partial charge in [0.1, 0.15) is 5.75 Å². The largest absolute Gasteiger partial charge is 0.496 e. The van der Waals surface area contributed by atoms with Gasteiger partial charge in [0.15, 0.2) is 0 Å². The summed E-state index contributed by atoms with van der Waals surface area (Å²) in [5.41, 5.74) is 1.87. The fourth-order valence-electron chi connectivity index (χ4n) is 2.04. The summed E-state index contributed by atoms with van der Waals surface area (Å²) in [4.78, 5) is 11.0. The van der Waals surface area contributed by atoms with Crippen LogP contribution in [-0.4, -0.2) is 18.2 Å². The van der Waals surface area contributed by atoms with Crippen molar-refractivity contribution in [3.8, 4) is 5.75 Å². The molecule has 0 spiro atoms. The molecule has 0 aliphatic rings. The van der Waals surface area contributed by atoms with Crippen molar-refractivity contribution in [1.29, 1.82) is 0 Å². The zero-order valence-electron chi connectivity index (χ0n) is 10.7. The van der Waals surface area contributed by atoms with Crippen molar-refractivity contribution in [3.63, 3.8) is 0 Å². The molecule has 0 radical (unpaired) electrons. The first kappa shape index (κ1) is 12.4. The van der Waals surface area contributed by atoms with Crippen molar-refractivity contribution >= 4 is 16.7 Å². The van der Waals surface area contributed by atoms with Crippen LogP contribution in [0.3, 0.4) is 0 Å². The van der Waals surface area contributed by atoms with Crippen molar-refractivity contribution in [2.24, 2.45) is 0 Å². The number of ether oxygens (including phenoxy) is 1. The lowest BCUT2D eigenvalue weighted by atomic mass is 9.97. The van der Waals surface area contributed by atoms with Gasteiger partial charge in [0.05, 0.1) is 13.0 Å². The molecule has 2 rings (SSSR count). The maximum absolute atomic E-state index is 11.0. The van der Waals surface area contributed by atoms with Gasteiger partial charge >= 0.3 is 5.97 Å². The van der Waals surface area contributed by atoms with Crippen LogP contribution in [-0.2, 0) is 4.79 Å². The Balaban J connectivity index is 2.55. The molecule has 0 aliphatic carbocycles. The third-order valence-corrected chi connectivity index (χ3v) is 3.25. The molecule has 2 aromatic rings. The van der Waals surface area contributed by atoms with Crippen LogP contribution in [0, 0.1) is 6.92 Å². The molecular formula is C15H16O3. The highest BCUT2D eigenvalue weighted by Crippen LogP contribution is 2.28. The Morgan fingerprint density at radius 2 is 1.94 bits per heavy atom. The zero-order chi connectivity index (χ0) is 13.3. The number of aryl methyl sites for hydroxylation is 1. The molecular weight excluding hydrogens is 228 g/mol. The Labute approximate surface area is 106 Å². The van der Waals surface area contributed by atoms with Crippen molar-refractivity contribution < 1.29 is 14.6 Å². The molecule has 0 bridgehead atoms. The quantitative estimate of drug-likeness (QED) is 0.900. The molecule has 3 nitrogen and oxygen atoms in total. The first-order valence-corrected chi connectivity index (χ1v) is 5.84. The van der Waals surface area contributed by atoms with Crippen LogP contribution in [0.4, 0.5) is 0 Å². The molecule has 1 atom stereocenters. The van der Waals surface area contributed by atoms with E-state index >= 15 is 0 Å². The minimum atomic E-state index is -0.806. The topological polar surface area (TPSA) is 46.5 Å². The minimum Gasteiger partial charge on any atom is -0.496 e. The summed E-state index contributed by atoms with van der Waals surface area (Å²) in [6.45, 7) is 3.67. The molecule has 0 aromatic heterocycles. The van der Waals surface area contributed by atoms with Crippen LogP contribution >= 0.6 is 0 Å². The summed E-state index contributed by atoms with van der Waals surface area (Å²) in [5, 5.41) is 11.1. The summed E-state index contributed by atoms with van der Waals surface area (Å²) in [7, 11) is 1.65. The van der Waals surface area contributed by atoms with E-state index in [0.717, 1.165) is 27.6 Å². The number of hydrogen-bond acceptors (Lipinski definition) is 2. The third-order valence-electron chi connectivity index (χ3n) is 3.25. The van der Waals surface area contributed by atoms with Gasteiger partial charge in [-0.15, -0.1) is 0 Å². The summed E-state index contributed by atoms with van der Waals surface area (Å²) >= 11 is 0. The van der Waals surface area contributed by atoms with Gasteiger partial charge in [0.25, 0.3) is 0 Å². The number of aliphatic carboxylic acids is 1. The van der Waals surface area contributed by atoms with Crippen molar-refractivity contribution in [1.82, 2.24) is 0 Å². The summed E-state index contributed by atoms with van der Waals surface area (Å²) in [6, 6.07) is 9.72. The lowest BCUT2D eigenvalue weighted by Gasteiger charge is -2.10. The second-order valence-corrected chi connectivity index (χ2v) is 4.49. The summed E-state index contributed by atoms with van der Waals surface area (Å²) < 4.78 is 5.27. The van der Waals surface area contributed by atoms with E-state index in [0.29, 0.717) is 0 Å². The van der Waals surface area contributed by atoms with Crippen LogP contribution in [0.15, 0.2) is 30.3 Å². The SMILES string of the molecule is COc1cc2ccc(C(C)C(=O)O)cc2cc1C. The first-order valence-electron chi connectivity index (χ1n) is 5.84. The molecule has 1 N–H and O–H groups in total.